The summed E-state index contributed by atoms with van der Waals surface area (Å²) in [5, 5.41) is 14.0. The van der Waals surface area contributed by atoms with Crippen LogP contribution in [0.25, 0.3) is 0 Å². The summed E-state index contributed by atoms with van der Waals surface area (Å²) in [4.78, 5) is 3.06. The topological polar surface area (TPSA) is 50.5 Å². The van der Waals surface area contributed by atoms with Gasteiger partial charge >= 0.3 is 0 Å². The summed E-state index contributed by atoms with van der Waals surface area (Å²) in [6.07, 6.45) is 1.57. The zero-order chi connectivity index (χ0) is 13.8. The quantitative estimate of drug-likeness (QED) is 0.878. The van der Waals surface area contributed by atoms with E-state index in [4.69, 9.17) is 4.74 Å². The van der Waals surface area contributed by atoms with Crippen LogP contribution in [0.3, 0.4) is 0 Å². The van der Waals surface area contributed by atoms with Gasteiger partial charge in [-0.3, -0.25) is 4.68 Å². The van der Waals surface area contributed by atoms with Crippen molar-refractivity contribution in [2.45, 2.75) is 6.10 Å². The molecule has 0 saturated carbocycles. The van der Waals surface area contributed by atoms with Crippen LogP contribution in [0, 0.1) is 0 Å². The third kappa shape index (κ3) is 3.56. The maximum absolute atomic E-state index is 9.51. The third-order valence-electron chi connectivity index (χ3n) is 2.82. The van der Waals surface area contributed by atoms with Gasteiger partial charge in [-0.1, -0.05) is 0 Å². The van der Waals surface area contributed by atoms with Gasteiger partial charge in [-0.15, -0.1) is 11.3 Å². The molecule has 0 saturated heterocycles. The Kier molecular flexibility index (Phi) is 4.57. The molecule has 1 unspecified atom stereocenters. The second-order valence-electron chi connectivity index (χ2n) is 4.61. The van der Waals surface area contributed by atoms with Crippen LogP contribution in [-0.2, 0) is 11.8 Å². The van der Waals surface area contributed by atoms with Crippen LogP contribution in [0.2, 0.25) is 0 Å². The zero-order valence-corrected chi connectivity index (χ0v) is 12.2. The molecule has 0 aliphatic rings. The Morgan fingerprint density at radius 1 is 1.42 bits per heavy atom. The minimum Gasteiger partial charge on any atom is -0.499 e. The van der Waals surface area contributed by atoms with Gasteiger partial charge in [-0.2, -0.15) is 5.10 Å². The second kappa shape index (κ2) is 6.18. The van der Waals surface area contributed by atoms with E-state index in [1.165, 1.54) is 11.3 Å². The standard InChI is InChI=1S/C13H19N3O2S/c1-15(2)8-9-18-13(10-6-7-14-16(10)3)11-4-5-12(17)19-11/h4-7,13,17H,8-9H2,1-3H3. The fourth-order valence-electron chi connectivity index (χ4n) is 1.79. The van der Waals surface area contributed by atoms with E-state index in [1.807, 2.05) is 33.3 Å². The maximum Gasteiger partial charge on any atom is 0.171 e. The Hall–Kier alpha value is -1.37. The molecule has 2 rings (SSSR count). The van der Waals surface area contributed by atoms with E-state index in [1.54, 1.807) is 16.9 Å². The van der Waals surface area contributed by atoms with Crippen LogP contribution in [-0.4, -0.2) is 47.0 Å². The number of aromatic nitrogens is 2. The number of aromatic hydroxyl groups is 1. The average molecular weight is 281 g/mol. The molecular formula is C13H19N3O2S. The molecule has 0 radical (unpaired) electrons. The Morgan fingerprint density at radius 3 is 2.74 bits per heavy atom. The molecule has 6 heteroatoms. The fourth-order valence-corrected chi connectivity index (χ4v) is 2.60. The van der Waals surface area contributed by atoms with E-state index in [0.717, 1.165) is 17.1 Å². The van der Waals surface area contributed by atoms with Crippen molar-refractivity contribution in [3.05, 3.63) is 35.0 Å². The SMILES string of the molecule is CN(C)CCOC(c1ccc(O)s1)c1ccnn1C. The van der Waals surface area contributed by atoms with E-state index in [2.05, 4.69) is 10.00 Å². The van der Waals surface area contributed by atoms with Crippen molar-refractivity contribution in [2.75, 3.05) is 27.2 Å². The summed E-state index contributed by atoms with van der Waals surface area (Å²) in [6.45, 7) is 1.48. The van der Waals surface area contributed by atoms with Gasteiger partial charge in [0.15, 0.2) is 5.06 Å². The van der Waals surface area contributed by atoms with Gasteiger partial charge in [-0.05, 0) is 32.3 Å². The molecule has 0 spiro atoms. The lowest BCUT2D eigenvalue weighted by atomic mass is 10.2. The van der Waals surface area contributed by atoms with E-state index in [9.17, 15) is 5.11 Å². The van der Waals surface area contributed by atoms with E-state index < -0.39 is 0 Å². The lowest BCUT2D eigenvalue weighted by Gasteiger charge is -2.18. The summed E-state index contributed by atoms with van der Waals surface area (Å²) in [7, 11) is 5.92. The predicted octanol–water partition coefficient (Wildman–Crippen LogP) is 1.85. The molecule has 0 bridgehead atoms. The minimum absolute atomic E-state index is 0.182. The van der Waals surface area contributed by atoms with Crippen molar-refractivity contribution in [2.24, 2.45) is 7.05 Å². The minimum atomic E-state index is -0.182. The molecule has 1 N–H and O–H groups in total. The van der Waals surface area contributed by atoms with Gasteiger partial charge in [0.1, 0.15) is 6.10 Å². The molecule has 5 nitrogen and oxygen atoms in total. The number of rotatable bonds is 6. The van der Waals surface area contributed by atoms with Gasteiger partial charge in [0.25, 0.3) is 0 Å². The lowest BCUT2D eigenvalue weighted by molar-refractivity contribution is 0.0660. The number of likely N-dealkylation sites (N-methyl/N-ethyl adjacent to an activating group) is 1. The van der Waals surface area contributed by atoms with Gasteiger partial charge in [0.05, 0.1) is 12.3 Å². The lowest BCUT2D eigenvalue weighted by Crippen LogP contribution is -2.20. The first-order valence-electron chi connectivity index (χ1n) is 6.11. The highest BCUT2D eigenvalue weighted by molar-refractivity contribution is 7.13. The highest BCUT2D eigenvalue weighted by Gasteiger charge is 2.20. The number of hydrogen-bond acceptors (Lipinski definition) is 5. The molecule has 2 aromatic heterocycles. The first-order valence-corrected chi connectivity index (χ1v) is 6.92. The fraction of sp³-hybridized carbons (Fsp3) is 0.462. The molecule has 0 aromatic carbocycles. The van der Waals surface area contributed by atoms with Gasteiger partial charge in [0, 0.05) is 24.7 Å². The normalized spacial score (nSPS) is 13.1. The van der Waals surface area contributed by atoms with Gasteiger partial charge in [-0.25, -0.2) is 0 Å². The van der Waals surface area contributed by atoms with Crippen molar-refractivity contribution in [3.8, 4) is 5.06 Å². The maximum atomic E-state index is 9.51. The number of ether oxygens (including phenoxy) is 1. The molecular weight excluding hydrogens is 262 g/mol. The Bertz CT molecular complexity index is 521. The highest BCUT2D eigenvalue weighted by atomic mass is 32.1. The summed E-state index contributed by atoms with van der Waals surface area (Å²) in [6, 6.07) is 5.53. The molecule has 1 atom stereocenters. The van der Waals surface area contributed by atoms with E-state index in [-0.39, 0.29) is 6.10 Å². The molecule has 0 aliphatic heterocycles. The van der Waals surface area contributed by atoms with E-state index in [0.29, 0.717) is 11.7 Å². The van der Waals surface area contributed by atoms with Crippen LogP contribution in [0.15, 0.2) is 24.4 Å². The number of thiophene rings is 1. The largest absolute Gasteiger partial charge is 0.499 e. The van der Waals surface area contributed by atoms with Crippen LogP contribution in [0.1, 0.15) is 16.7 Å². The number of nitrogens with zero attached hydrogens (tertiary/aromatic N) is 3. The molecule has 104 valence electrons. The molecule has 0 amide bonds. The first kappa shape index (κ1) is 14.0. The van der Waals surface area contributed by atoms with Crippen molar-refractivity contribution in [3.63, 3.8) is 0 Å². The van der Waals surface area contributed by atoms with Crippen molar-refractivity contribution >= 4 is 11.3 Å². The summed E-state index contributed by atoms with van der Waals surface area (Å²) >= 11 is 1.34. The molecule has 2 heterocycles. The first-order chi connectivity index (χ1) is 9.08. The Balaban J connectivity index is 2.16. The summed E-state index contributed by atoms with van der Waals surface area (Å²) in [5.74, 6) is 0. The summed E-state index contributed by atoms with van der Waals surface area (Å²) < 4.78 is 7.78. The van der Waals surface area contributed by atoms with Crippen molar-refractivity contribution in [1.82, 2.24) is 14.7 Å². The van der Waals surface area contributed by atoms with Crippen LogP contribution in [0.4, 0.5) is 0 Å². The molecule has 0 aliphatic carbocycles. The predicted molar refractivity (Wildman–Crippen MR) is 75.5 cm³/mol. The average Bonchev–Trinajstić information content (AvgIpc) is 2.94. The summed E-state index contributed by atoms with van der Waals surface area (Å²) in [5.41, 5.74) is 0.987. The molecule has 0 fully saturated rings. The molecule has 2 aromatic rings. The van der Waals surface area contributed by atoms with Crippen molar-refractivity contribution in [1.29, 1.82) is 0 Å². The molecule has 19 heavy (non-hydrogen) atoms. The van der Waals surface area contributed by atoms with Crippen LogP contribution in [0.5, 0.6) is 5.06 Å². The number of aryl methyl sites for hydroxylation is 1. The zero-order valence-electron chi connectivity index (χ0n) is 11.4. The monoisotopic (exact) mass is 281 g/mol. The van der Waals surface area contributed by atoms with Gasteiger partial charge in [0.2, 0.25) is 0 Å². The Labute approximate surface area is 117 Å². The number of hydrogen-bond donors (Lipinski definition) is 1. The highest BCUT2D eigenvalue weighted by Crippen LogP contribution is 2.33. The third-order valence-corrected chi connectivity index (χ3v) is 3.75. The second-order valence-corrected chi connectivity index (χ2v) is 5.70. The van der Waals surface area contributed by atoms with Gasteiger partial charge < -0.3 is 14.7 Å². The van der Waals surface area contributed by atoms with E-state index >= 15 is 0 Å². The Morgan fingerprint density at radius 2 is 2.21 bits per heavy atom. The van der Waals surface area contributed by atoms with Crippen LogP contribution < -0.4 is 0 Å². The van der Waals surface area contributed by atoms with Crippen LogP contribution >= 0.6 is 11.3 Å². The smallest absolute Gasteiger partial charge is 0.171 e. The van der Waals surface area contributed by atoms with Crippen molar-refractivity contribution < 1.29 is 9.84 Å².